The topological polar surface area (TPSA) is 32.3 Å². The summed E-state index contributed by atoms with van der Waals surface area (Å²) in [7, 11) is 0. The summed E-state index contributed by atoms with van der Waals surface area (Å²) in [5, 5.41) is 10.5. The maximum Gasteiger partial charge on any atom is 0.403 e. The third-order valence-electron chi connectivity index (χ3n) is 1.26. The predicted molar refractivity (Wildman–Crippen MR) is 35.2 cm³/mol. The highest BCUT2D eigenvalue weighted by Gasteiger charge is 2.38. The number of nitrogens with one attached hydrogen (secondary N) is 1. The van der Waals surface area contributed by atoms with Crippen molar-refractivity contribution in [1.29, 1.82) is 0 Å². The lowest BCUT2D eigenvalue weighted by Gasteiger charge is -2.19. The lowest BCUT2D eigenvalue weighted by atomic mass is 10.2. The van der Waals surface area contributed by atoms with Crippen molar-refractivity contribution in [3.8, 4) is 0 Å². The van der Waals surface area contributed by atoms with E-state index >= 15 is 0 Å². The van der Waals surface area contributed by atoms with Crippen molar-refractivity contribution < 1.29 is 18.3 Å². The molecule has 2 N–H and O–H groups in total. The van der Waals surface area contributed by atoms with Gasteiger partial charge in [-0.3, -0.25) is 0 Å². The van der Waals surface area contributed by atoms with Gasteiger partial charge in [0.25, 0.3) is 0 Å². The van der Waals surface area contributed by atoms with Crippen molar-refractivity contribution in [3.63, 3.8) is 0 Å². The van der Waals surface area contributed by atoms with Crippen LogP contribution in [0.15, 0.2) is 0 Å². The summed E-state index contributed by atoms with van der Waals surface area (Å²) in [4.78, 5) is 0. The van der Waals surface area contributed by atoms with Crippen molar-refractivity contribution in [1.82, 2.24) is 5.32 Å². The SMILES string of the molecule is CCNC(CCO)C(F)(F)F. The molecule has 68 valence electrons. The zero-order valence-corrected chi connectivity index (χ0v) is 6.28. The molecule has 1 unspecified atom stereocenters. The second-order valence-electron chi connectivity index (χ2n) is 2.16. The lowest BCUT2D eigenvalue weighted by Crippen LogP contribution is -2.42. The Kier molecular flexibility index (Phi) is 4.44. The molecular weight excluding hydrogens is 159 g/mol. The van der Waals surface area contributed by atoms with Crippen molar-refractivity contribution >= 4 is 0 Å². The van der Waals surface area contributed by atoms with Crippen LogP contribution in [-0.4, -0.2) is 30.5 Å². The van der Waals surface area contributed by atoms with Crippen LogP contribution in [0, 0.1) is 0 Å². The minimum absolute atomic E-state index is 0.254. The molecule has 0 rings (SSSR count). The van der Waals surface area contributed by atoms with Crippen LogP contribution in [0.4, 0.5) is 13.2 Å². The first-order valence-corrected chi connectivity index (χ1v) is 3.43. The van der Waals surface area contributed by atoms with Crippen molar-refractivity contribution in [2.75, 3.05) is 13.2 Å². The van der Waals surface area contributed by atoms with E-state index in [2.05, 4.69) is 5.32 Å². The minimum Gasteiger partial charge on any atom is -0.396 e. The molecule has 0 saturated carbocycles. The third kappa shape index (κ3) is 4.21. The van der Waals surface area contributed by atoms with Gasteiger partial charge in [0, 0.05) is 6.61 Å². The number of hydrogen-bond acceptors (Lipinski definition) is 2. The van der Waals surface area contributed by atoms with E-state index in [0.29, 0.717) is 0 Å². The summed E-state index contributed by atoms with van der Waals surface area (Å²) in [6.07, 6.45) is -4.53. The molecule has 0 bridgehead atoms. The summed E-state index contributed by atoms with van der Waals surface area (Å²) < 4.78 is 35.8. The summed E-state index contributed by atoms with van der Waals surface area (Å²) in [6, 6.07) is -1.57. The summed E-state index contributed by atoms with van der Waals surface area (Å²) in [5.74, 6) is 0. The van der Waals surface area contributed by atoms with E-state index in [-0.39, 0.29) is 13.0 Å². The average molecular weight is 171 g/mol. The fourth-order valence-electron chi connectivity index (χ4n) is 0.757. The molecule has 0 amide bonds. The van der Waals surface area contributed by atoms with E-state index in [4.69, 9.17) is 5.11 Å². The molecule has 0 aliphatic carbocycles. The van der Waals surface area contributed by atoms with Gasteiger partial charge in [0.2, 0.25) is 0 Å². The van der Waals surface area contributed by atoms with Crippen molar-refractivity contribution in [3.05, 3.63) is 0 Å². The monoisotopic (exact) mass is 171 g/mol. The molecule has 0 radical (unpaired) electrons. The van der Waals surface area contributed by atoms with Crippen LogP contribution in [0.1, 0.15) is 13.3 Å². The molecule has 1 atom stereocenters. The molecule has 0 aromatic rings. The van der Waals surface area contributed by atoms with Crippen LogP contribution in [-0.2, 0) is 0 Å². The summed E-state index contributed by atoms with van der Waals surface area (Å²) in [5.41, 5.74) is 0. The highest BCUT2D eigenvalue weighted by molar-refractivity contribution is 4.73. The van der Waals surface area contributed by atoms with Crippen LogP contribution in [0.3, 0.4) is 0 Å². The maximum atomic E-state index is 11.9. The molecule has 0 spiro atoms. The highest BCUT2D eigenvalue weighted by Crippen LogP contribution is 2.21. The highest BCUT2D eigenvalue weighted by atomic mass is 19.4. The van der Waals surface area contributed by atoms with E-state index in [1.807, 2.05) is 0 Å². The molecule has 2 nitrogen and oxygen atoms in total. The first-order valence-electron chi connectivity index (χ1n) is 3.43. The molecule has 0 fully saturated rings. The Morgan fingerprint density at radius 3 is 2.27 bits per heavy atom. The van der Waals surface area contributed by atoms with E-state index in [1.165, 1.54) is 0 Å². The standard InChI is InChI=1S/C6H12F3NO/c1-2-10-5(3-4-11)6(7,8)9/h5,10-11H,2-4H2,1H3. The number of rotatable bonds is 4. The number of halogens is 3. The Labute approximate surface area is 63.4 Å². The first-order chi connectivity index (χ1) is 5.02. The first kappa shape index (κ1) is 10.7. The molecule has 0 saturated heterocycles. The fourth-order valence-corrected chi connectivity index (χ4v) is 0.757. The largest absolute Gasteiger partial charge is 0.403 e. The Morgan fingerprint density at radius 2 is 2.00 bits per heavy atom. The van der Waals surface area contributed by atoms with Gasteiger partial charge in [-0.15, -0.1) is 0 Å². The number of aliphatic hydroxyl groups is 1. The van der Waals surface area contributed by atoms with Gasteiger partial charge in [-0.25, -0.2) is 0 Å². The van der Waals surface area contributed by atoms with Crippen LogP contribution < -0.4 is 5.32 Å². The van der Waals surface area contributed by atoms with Gasteiger partial charge in [-0.2, -0.15) is 13.2 Å². The average Bonchev–Trinajstić information content (AvgIpc) is 1.85. The fraction of sp³-hybridized carbons (Fsp3) is 1.00. The Bertz CT molecular complexity index is 98.5. The van der Waals surface area contributed by atoms with Gasteiger partial charge in [-0.05, 0) is 13.0 Å². The van der Waals surface area contributed by atoms with Crippen LogP contribution in [0.2, 0.25) is 0 Å². The van der Waals surface area contributed by atoms with Gasteiger partial charge in [-0.1, -0.05) is 6.92 Å². The molecule has 0 aliphatic rings. The molecule has 0 aromatic heterocycles. The Balaban J connectivity index is 3.88. The van der Waals surface area contributed by atoms with Gasteiger partial charge in [0.05, 0.1) is 0 Å². The van der Waals surface area contributed by atoms with E-state index < -0.39 is 18.8 Å². The van der Waals surface area contributed by atoms with E-state index in [1.54, 1.807) is 6.92 Å². The smallest absolute Gasteiger partial charge is 0.396 e. The van der Waals surface area contributed by atoms with Gasteiger partial charge in [0.1, 0.15) is 6.04 Å². The number of aliphatic hydroxyl groups excluding tert-OH is 1. The zero-order chi connectivity index (χ0) is 8.91. The number of hydrogen-bond donors (Lipinski definition) is 2. The molecule has 11 heavy (non-hydrogen) atoms. The predicted octanol–water partition coefficient (Wildman–Crippen LogP) is 0.909. The van der Waals surface area contributed by atoms with Gasteiger partial charge < -0.3 is 10.4 Å². The molecule has 0 aromatic carbocycles. The van der Waals surface area contributed by atoms with E-state index in [0.717, 1.165) is 0 Å². The third-order valence-corrected chi connectivity index (χ3v) is 1.26. The second kappa shape index (κ2) is 4.56. The lowest BCUT2D eigenvalue weighted by molar-refractivity contribution is -0.158. The minimum atomic E-state index is -4.25. The molecule has 0 aliphatic heterocycles. The van der Waals surface area contributed by atoms with Crippen LogP contribution in [0.25, 0.3) is 0 Å². The van der Waals surface area contributed by atoms with Crippen LogP contribution >= 0.6 is 0 Å². The van der Waals surface area contributed by atoms with Gasteiger partial charge >= 0.3 is 6.18 Å². The molecule has 0 heterocycles. The molecule has 5 heteroatoms. The quantitative estimate of drug-likeness (QED) is 0.659. The van der Waals surface area contributed by atoms with Crippen molar-refractivity contribution in [2.45, 2.75) is 25.6 Å². The summed E-state index contributed by atoms with van der Waals surface area (Å²) in [6.45, 7) is 1.40. The van der Waals surface area contributed by atoms with Gasteiger partial charge in [0.15, 0.2) is 0 Å². The maximum absolute atomic E-state index is 11.9. The zero-order valence-electron chi connectivity index (χ0n) is 6.28. The normalized spacial score (nSPS) is 15.0. The van der Waals surface area contributed by atoms with E-state index in [9.17, 15) is 13.2 Å². The van der Waals surface area contributed by atoms with Crippen molar-refractivity contribution in [2.24, 2.45) is 0 Å². The summed E-state index contributed by atoms with van der Waals surface area (Å²) >= 11 is 0. The van der Waals surface area contributed by atoms with Crippen LogP contribution in [0.5, 0.6) is 0 Å². The Hall–Kier alpha value is -0.290. The second-order valence-corrected chi connectivity index (χ2v) is 2.16. The Morgan fingerprint density at radius 1 is 1.45 bits per heavy atom. The molecular formula is C6H12F3NO. The number of alkyl halides is 3.